The van der Waals surface area contributed by atoms with Crippen molar-refractivity contribution in [3.8, 4) is 28.7 Å². The van der Waals surface area contributed by atoms with Crippen LogP contribution in [0.2, 0.25) is 0 Å². The number of phenols is 4. The molecule has 88 heavy (non-hydrogen) atoms. The lowest BCUT2D eigenvalue weighted by Crippen LogP contribution is -2.67. The van der Waals surface area contributed by atoms with Crippen molar-refractivity contribution in [2.24, 2.45) is 28.5 Å². The molecule has 5 aliphatic rings. The number of likely N-dealkylation sites (N-methyl/N-ethyl adjacent to an activating group) is 1. The quantitative estimate of drug-likeness (QED) is 0.00653. The number of H-pyrrole nitrogens is 1. The zero-order valence-corrected chi connectivity index (χ0v) is 48.5. The summed E-state index contributed by atoms with van der Waals surface area (Å²) in [4.78, 5) is 55.3. The highest BCUT2D eigenvalue weighted by Gasteiger charge is 2.72. The minimum atomic E-state index is -3.38. The van der Waals surface area contributed by atoms with Crippen LogP contribution in [0.3, 0.4) is 0 Å². The molecule has 2 fully saturated rings. The van der Waals surface area contributed by atoms with Gasteiger partial charge in [0.1, 0.15) is 36.1 Å². The third-order valence-corrected chi connectivity index (χ3v) is 18.8. The highest BCUT2D eigenvalue weighted by Crippen LogP contribution is 2.72. The number of fused-ring (bicyclic) bond motifs is 6. The first-order valence-corrected chi connectivity index (χ1v) is 29.7. The lowest BCUT2D eigenvalue weighted by atomic mass is 9.45. The van der Waals surface area contributed by atoms with Crippen molar-refractivity contribution in [1.82, 2.24) is 20.6 Å². The Morgan fingerprint density at radius 2 is 1.74 bits per heavy atom. The number of aromatic hydroxyl groups is 4. The van der Waals surface area contributed by atoms with E-state index in [4.69, 9.17) is 15.2 Å². The average Bonchev–Trinajstić information content (AvgIpc) is 1.46. The number of aliphatic carboxylic acids is 1. The number of aldehydes is 1. The summed E-state index contributed by atoms with van der Waals surface area (Å²) in [7, 11) is 1.64. The number of nitrogens with two attached hydrogens (primary N) is 1. The lowest BCUT2D eigenvalue weighted by molar-refractivity contribution is -0.422. The van der Waals surface area contributed by atoms with Gasteiger partial charge in [-0.25, -0.2) is 14.8 Å². The number of hydrogen-bond donors (Lipinski definition) is 16. The van der Waals surface area contributed by atoms with E-state index in [0.29, 0.717) is 85.3 Å². The largest absolute Gasteiger partial charge is 0.508 e. The van der Waals surface area contributed by atoms with Crippen LogP contribution in [-0.2, 0) is 50.3 Å². The number of benzene rings is 4. The van der Waals surface area contributed by atoms with Crippen LogP contribution in [0.4, 0.5) is 5.69 Å². The summed E-state index contributed by atoms with van der Waals surface area (Å²) < 4.78 is 11.1. The number of hydrogen-bond acceptors (Lipinski definition) is 19. The molecule has 13 atom stereocenters. The fourth-order valence-corrected chi connectivity index (χ4v) is 14.7. The number of carbonyl (C=O) groups is 3. The number of imidazole rings is 1. The number of guanidine groups is 1. The van der Waals surface area contributed by atoms with Crippen molar-refractivity contribution in [3.63, 3.8) is 0 Å². The molecule has 3 heterocycles. The van der Waals surface area contributed by atoms with E-state index in [0.717, 1.165) is 34.5 Å². The van der Waals surface area contributed by atoms with Gasteiger partial charge < -0.3 is 96.9 Å². The van der Waals surface area contributed by atoms with Crippen molar-refractivity contribution in [3.05, 3.63) is 142 Å². The Labute approximate surface area is 507 Å². The van der Waals surface area contributed by atoms with Gasteiger partial charge in [-0.1, -0.05) is 60.5 Å². The number of aliphatic hydroxyl groups excluding tert-OH is 6. The van der Waals surface area contributed by atoms with Crippen LogP contribution in [0.25, 0.3) is 6.08 Å². The van der Waals surface area contributed by atoms with E-state index in [1.807, 2.05) is 36.4 Å². The number of amides is 1. The van der Waals surface area contributed by atoms with Crippen molar-refractivity contribution in [1.29, 1.82) is 0 Å². The first kappa shape index (κ1) is 63.1. The highest BCUT2D eigenvalue weighted by molar-refractivity contribution is 6.14. The second kappa shape index (κ2) is 26.0. The maximum Gasteiger partial charge on any atom is 0.355 e. The van der Waals surface area contributed by atoms with Crippen LogP contribution in [0.15, 0.2) is 102 Å². The molecule has 3 aliphatic carbocycles. The summed E-state index contributed by atoms with van der Waals surface area (Å²) in [6.45, 7) is -0.730. The van der Waals surface area contributed by atoms with E-state index in [9.17, 15) is 66.1 Å². The van der Waals surface area contributed by atoms with Crippen molar-refractivity contribution in [2.45, 2.75) is 137 Å². The highest BCUT2D eigenvalue weighted by atomic mass is 16.8. The van der Waals surface area contributed by atoms with Gasteiger partial charge in [-0.3, -0.25) is 9.69 Å². The number of nitrogens with zero attached hydrogens (tertiary/aromatic N) is 3. The van der Waals surface area contributed by atoms with Crippen LogP contribution in [0.1, 0.15) is 102 Å². The Kier molecular flexibility index (Phi) is 18.7. The van der Waals surface area contributed by atoms with Crippen LogP contribution in [-0.4, -0.2) is 170 Å². The second-order valence-electron chi connectivity index (χ2n) is 23.7. The molecule has 24 nitrogen and oxygen atoms in total. The van der Waals surface area contributed by atoms with Crippen LogP contribution >= 0.6 is 0 Å². The Bertz CT molecular complexity index is 3470. The van der Waals surface area contributed by atoms with E-state index in [1.54, 1.807) is 19.2 Å². The average molecular weight is 1220 g/mol. The number of ether oxygens (including phenoxy) is 2. The van der Waals surface area contributed by atoms with E-state index in [1.165, 1.54) is 36.7 Å². The molecule has 5 aromatic rings. The Morgan fingerprint density at radius 3 is 2.47 bits per heavy atom. The minimum absolute atomic E-state index is 0.00367. The van der Waals surface area contributed by atoms with Crippen molar-refractivity contribution >= 4 is 35.9 Å². The molecule has 24 heteroatoms. The van der Waals surface area contributed by atoms with Crippen molar-refractivity contribution < 1.29 is 85.1 Å². The van der Waals surface area contributed by atoms with Gasteiger partial charge in [-0.15, -0.1) is 0 Å². The number of aliphatic hydroxyl groups is 7. The zero-order chi connectivity index (χ0) is 62.8. The van der Waals surface area contributed by atoms with Gasteiger partial charge in [0.25, 0.3) is 5.91 Å². The second-order valence-corrected chi connectivity index (χ2v) is 23.7. The van der Waals surface area contributed by atoms with Gasteiger partial charge in [0, 0.05) is 77.8 Å². The standard InChI is InChI=1S/C64H77N7O17/c1-66-41(31-73)26-44-43(69-33-70-44)25-38-24-34(15-21-46(38)76)16-22-50(78)71-45-27-48(87-64(86)59(83)58(82)56(80)49(32-74)88-64)55(79)57(81)51(45)54-53(63-39(11-6-12-40(63)30-72)19-17-36-10-5-14-47(77)52(36)63)37(28-62(54,71)60(84)85)18-20-42(75)13-7-23-67-61(65)68-29-35-8-3-2-4-9-35/h2-5,8-10,14-16,21-22,24,27-28,31,33,39-42,49,53-54,56,58-59,66,72,74-77,79-83,86H,6-7,11-13,17-20,23,25-26,29-30,32H2,1H3,(H,69,70)(H,84,85)(H3,65,67,68). The van der Waals surface area contributed by atoms with Gasteiger partial charge >= 0.3 is 11.9 Å². The van der Waals surface area contributed by atoms with E-state index in [2.05, 4.69) is 25.6 Å². The third kappa shape index (κ3) is 11.5. The maximum atomic E-state index is 15.8. The molecule has 0 radical (unpaired) electrons. The molecule has 1 amide bonds. The molecule has 0 bridgehead atoms. The number of carbonyl (C=O) groups excluding carboxylic acids is 2. The van der Waals surface area contributed by atoms with Crippen LogP contribution in [0, 0.1) is 17.8 Å². The molecule has 470 valence electrons. The number of rotatable bonds is 23. The summed E-state index contributed by atoms with van der Waals surface area (Å²) in [5.74, 6) is -12.9. The van der Waals surface area contributed by atoms with Gasteiger partial charge in [0.2, 0.25) is 5.75 Å². The molecular weight excluding hydrogens is 1140 g/mol. The fourth-order valence-electron chi connectivity index (χ4n) is 14.7. The summed E-state index contributed by atoms with van der Waals surface area (Å²) in [6, 6.07) is 19.6. The maximum absolute atomic E-state index is 15.8. The van der Waals surface area contributed by atoms with E-state index >= 15 is 9.59 Å². The van der Waals surface area contributed by atoms with Crippen LogP contribution < -0.4 is 26.0 Å². The SMILES string of the molecule is CNC(C=O)Cc1nc[nH]c1Cc1cc(C=CC(=O)N2c3cc(OC4(O)OC(CO)C(O)C(O)C4O)c(O)c(O)c3C3C(C45c6c(O)cccc6CCC4CCCC5CO)C(CCC(O)CCCNC(N)=NCc4ccccc4)=CC32C(=O)O)ccc1O. The normalized spacial score (nSPS) is 28.1. The molecule has 0 spiro atoms. The molecule has 1 saturated carbocycles. The van der Waals surface area contributed by atoms with E-state index in [-0.39, 0.29) is 66.7 Å². The summed E-state index contributed by atoms with van der Waals surface area (Å²) in [5, 5.41) is 145. The van der Waals surface area contributed by atoms with Crippen LogP contribution in [0.5, 0.6) is 28.7 Å². The number of aryl methyl sites for hydroxylation is 1. The van der Waals surface area contributed by atoms with Gasteiger partial charge in [-0.05, 0) is 117 Å². The molecule has 13 unspecified atom stereocenters. The first-order valence-electron chi connectivity index (χ1n) is 29.7. The predicted molar refractivity (Wildman–Crippen MR) is 319 cm³/mol. The number of aromatic nitrogens is 2. The number of carboxylic acids is 1. The van der Waals surface area contributed by atoms with Gasteiger partial charge in [-0.2, -0.15) is 0 Å². The van der Waals surface area contributed by atoms with Crippen molar-refractivity contribution in [2.75, 3.05) is 31.7 Å². The predicted octanol–water partition coefficient (Wildman–Crippen LogP) is 2.49. The third-order valence-electron chi connectivity index (χ3n) is 18.8. The number of phenolic OH excluding ortho intramolecular Hbond substituents is 4. The molecule has 2 aliphatic heterocycles. The Hall–Kier alpha value is -7.91. The minimum Gasteiger partial charge on any atom is -0.508 e. The Morgan fingerprint density at radius 1 is 0.955 bits per heavy atom. The summed E-state index contributed by atoms with van der Waals surface area (Å²) in [5.41, 5.74) is 6.08. The Balaban J connectivity index is 1.10. The molecular formula is C64H77N7O17. The molecule has 1 aromatic heterocycles. The number of aromatic amines is 1. The molecule has 1 saturated heterocycles. The van der Waals surface area contributed by atoms with Gasteiger partial charge in [0.15, 0.2) is 29.1 Å². The molecule has 10 rings (SSSR count). The number of anilines is 1. The molecule has 4 aromatic carbocycles. The monoisotopic (exact) mass is 1220 g/mol. The molecule has 17 N–H and O–H groups in total. The van der Waals surface area contributed by atoms with E-state index < -0.39 is 114 Å². The number of allylic oxidation sites excluding steroid dienone is 1. The number of aliphatic imine (C=N–C) groups is 1. The first-order chi connectivity index (χ1) is 42.2. The topological polar surface area (TPSA) is 407 Å². The van der Waals surface area contributed by atoms with Gasteiger partial charge in [0.05, 0.1) is 43.0 Å². The summed E-state index contributed by atoms with van der Waals surface area (Å²) in [6.07, 6.45) is 0.457. The number of nitrogens with one attached hydrogen (secondary N) is 3. The summed E-state index contributed by atoms with van der Waals surface area (Å²) >= 11 is 0. The fraction of sp³-hybridized carbons (Fsp3) is 0.453. The number of carboxylic acid groups (broad SMARTS) is 1. The lowest BCUT2D eigenvalue weighted by Gasteiger charge is -2.58. The smallest absolute Gasteiger partial charge is 0.355 e. The zero-order valence-electron chi connectivity index (χ0n) is 48.5.